The minimum Gasteiger partial charge on any atom is -0.494 e. The van der Waals surface area contributed by atoms with E-state index < -0.39 is 17.7 Å². The van der Waals surface area contributed by atoms with Crippen molar-refractivity contribution >= 4 is 11.9 Å². The molecule has 148 valence electrons. The van der Waals surface area contributed by atoms with Crippen LogP contribution in [0, 0.1) is 18.6 Å². The van der Waals surface area contributed by atoms with Gasteiger partial charge in [0, 0.05) is 12.0 Å². The second-order valence-corrected chi connectivity index (χ2v) is 6.77. The molecular weight excluding hydrogens is 378 g/mol. The molecular formula is C21H18F2N4O2. The van der Waals surface area contributed by atoms with E-state index in [0.717, 1.165) is 0 Å². The smallest absolute Gasteiger partial charge is 0.255 e. The highest BCUT2D eigenvalue weighted by Crippen LogP contribution is 2.37. The van der Waals surface area contributed by atoms with Gasteiger partial charge in [-0.1, -0.05) is 18.2 Å². The summed E-state index contributed by atoms with van der Waals surface area (Å²) in [5.74, 6) is -1.35. The molecule has 3 N–H and O–H groups in total. The molecule has 0 spiro atoms. The number of nitrogen functional groups attached to an aromatic ring is 1. The topological polar surface area (TPSA) is 90.1 Å². The van der Waals surface area contributed by atoms with Crippen LogP contribution in [-0.4, -0.2) is 23.0 Å². The summed E-state index contributed by atoms with van der Waals surface area (Å²) in [5, 5.41) is 2.89. The highest BCUT2D eigenvalue weighted by molar-refractivity contribution is 5.98. The van der Waals surface area contributed by atoms with Crippen LogP contribution >= 0.6 is 0 Å². The second kappa shape index (κ2) is 7.12. The zero-order chi connectivity index (χ0) is 20.7. The third-order valence-corrected chi connectivity index (χ3v) is 4.98. The van der Waals surface area contributed by atoms with Gasteiger partial charge in [-0.05, 0) is 36.2 Å². The van der Waals surface area contributed by atoms with Crippen molar-refractivity contribution in [2.45, 2.75) is 19.4 Å². The monoisotopic (exact) mass is 396 g/mol. The van der Waals surface area contributed by atoms with Crippen LogP contribution in [0.2, 0.25) is 0 Å². The van der Waals surface area contributed by atoms with Gasteiger partial charge >= 0.3 is 0 Å². The zero-order valence-electron chi connectivity index (χ0n) is 15.8. The molecule has 0 saturated heterocycles. The van der Waals surface area contributed by atoms with Gasteiger partial charge in [0.15, 0.2) is 11.6 Å². The van der Waals surface area contributed by atoms with Crippen molar-refractivity contribution in [3.8, 4) is 16.9 Å². The van der Waals surface area contributed by atoms with E-state index in [4.69, 9.17) is 10.5 Å². The molecule has 0 radical (unpaired) electrons. The molecule has 2 heterocycles. The molecule has 4 rings (SSSR count). The molecule has 0 fully saturated rings. The number of benzene rings is 2. The molecule has 29 heavy (non-hydrogen) atoms. The Balaban J connectivity index is 1.84. The molecule has 0 saturated carbocycles. The average Bonchev–Trinajstić information content (AvgIpc) is 2.67. The van der Waals surface area contributed by atoms with Gasteiger partial charge in [-0.2, -0.15) is 0 Å². The summed E-state index contributed by atoms with van der Waals surface area (Å²) in [7, 11) is 1.36. The molecule has 0 aliphatic carbocycles. The van der Waals surface area contributed by atoms with Gasteiger partial charge < -0.3 is 15.8 Å². The van der Waals surface area contributed by atoms with Crippen molar-refractivity contribution in [3.63, 3.8) is 0 Å². The lowest BCUT2D eigenvalue weighted by molar-refractivity contribution is 0.0922. The summed E-state index contributed by atoms with van der Waals surface area (Å²) in [6, 6.07) is 8.17. The standard InChI is InChI=1S/C21H18F2N4O2/c1-10-18-16(27-21(24)25-10)9-15(26-20(18)28)12-7-6-11(22)8-14(12)13-4-3-5-17(29-2)19(13)23/h3-8,15H,9H2,1-2H3,(H,26,28)(H2,24,25,27). The summed E-state index contributed by atoms with van der Waals surface area (Å²) in [4.78, 5) is 20.9. The minimum absolute atomic E-state index is 0.0480. The SMILES string of the molecule is COc1cccc(-c2cc(F)ccc2C2Cc3nc(N)nc(C)c3C(=O)N2)c1F. The van der Waals surface area contributed by atoms with Gasteiger partial charge in [-0.25, -0.2) is 18.7 Å². The molecule has 2 aromatic carbocycles. The van der Waals surface area contributed by atoms with E-state index in [2.05, 4.69) is 15.3 Å². The molecule has 1 unspecified atom stereocenters. The lowest BCUT2D eigenvalue weighted by Gasteiger charge is -2.28. The quantitative estimate of drug-likeness (QED) is 0.709. The Bertz CT molecular complexity index is 1130. The molecule has 3 aromatic rings. The van der Waals surface area contributed by atoms with E-state index in [0.29, 0.717) is 34.5 Å². The third kappa shape index (κ3) is 3.26. The number of carbonyl (C=O) groups excluding carboxylic acids is 1. The number of amides is 1. The Morgan fingerprint density at radius 2 is 1.97 bits per heavy atom. The number of aryl methyl sites for hydroxylation is 1. The predicted molar refractivity (Wildman–Crippen MR) is 103 cm³/mol. The van der Waals surface area contributed by atoms with E-state index in [-0.39, 0.29) is 23.2 Å². The molecule has 1 atom stereocenters. The van der Waals surface area contributed by atoms with Crippen LogP contribution in [0.5, 0.6) is 5.75 Å². The first-order valence-electron chi connectivity index (χ1n) is 8.95. The number of aromatic nitrogens is 2. The fourth-order valence-electron chi connectivity index (χ4n) is 3.70. The molecule has 1 aliphatic heterocycles. The van der Waals surface area contributed by atoms with E-state index in [1.54, 1.807) is 19.1 Å². The highest BCUT2D eigenvalue weighted by Gasteiger charge is 2.31. The number of nitrogens with two attached hydrogens (primary N) is 1. The van der Waals surface area contributed by atoms with Gasteiger partial charge in [-0.3, -0.25) is 4.79 Å². The number of halogens is 2. The summed E-state index contributed by atoms with van der Waals surface area (Å²) in [5.41, 5.74) is 8.18. The zero-order valence-corrected chi connectivity index (χ0v) is 15.8. The first kappa shape index (κ1) is 18.8. The number of anilines is 1. The van der Waals surface area contributed by atoms with Crippen molar-refractivity contribution in [1.29, 1.82) is 0 Å². The van der Waals surface area contributed by atoms with Crippen LogP contribution in [-0.2, 0) is 6.42 Å². The maximum Gasteiger partial charge on any atom is 0.255 e. The Hall–Kier alpha value is -3.55. The summed E-state index contributed by atoms with van der Waals surface area (Å²) in [6.45, 7) is 1.69. The number of carbonyl (C=O) groups is 1. The molecule has 0 bridgehead atoms. The Morgan fingerprint density at radius 1 is 1.17 bits per heavy atom. The van der Waals surface area contributed by atoms with Gasteiger partial charge in [0.25, 0.3) is 5.91 Å². The second-order valence-electron chi connectivity index (χ2n) is 6.77. The van der Waals surface area contributed by atoms with Crippen LogP contribution in [0.4, 0.5) is 14.7 Å². The maximum atomic E-state index is 14.9. The van der Waals surface area contributed by atoms with E-state index >= 15 is 0 Å². The van der Waals surface area contributed by atoms with Gasteiger partial charge in [0.1, 0.15) is 5.82 Å². The number of ether oxygens (including phenoxy) is 1. The molecule has 8 heteroatoms. The number of fused-ring (bicyclic) bond motifs is 1. The van der Waals surface area contributed by atoms with Crippen LogP contribution in [0.15, 0.2) is 36.4 Å². The summed E-state index contributed by atoms with van der Waals surface area (Å²) >= 11 is 0. The predicted octanol–water partition coefficient (Wildman–Crippen LogP) is 3.35. The first-order chi connectivity index (χ1) is 13.9. The lowest BCUT2D eigenvalue weighted by atomic mass is 9.88. The summed E-state index contributed by atoms with van der Waals surface area (Å²) < 4.78 is 34.0. The Morgan fingerprint density at radius 3 is 2.72 bits per heavy atom. The number of methoxy groups -OCH3 is 1. The largest absolute Gasteiger partial charge is 0.494 e. The third-order valence-electron chi connectivity index (χ3n) is 4.98. The Labute approximate surface area is 165 Å². The van der Waals surface area contributed by atoms with Crippen LogP contribution in [0.1, 0.15) is 33.4 Å². The van der Waals surface area contributed by atoms with Crippen LogP contribution in [0.25, 0.3) is 11.1 Å². The number of hydrogen-bond donors (Lipinski definition) is 2. The van der Waals surface area contributed by atoms with Gasteiger partial charge in [0.05, 0.1) is 30.1 Å². The van der Waals surface area contributed by atoms with Crippen molar-refractivity contribution in [2.75, 3.05) is 12.8 Å². The fourth-order valence-corrected chi connectivity index (χ4v) is 3.70. The molecule has 1 aromatic heterocycles. The molecule has 1 aliphatic rings. The number of hydrogen-bond acceptors (Lipinski definition) is 5. The molecule has 1 amide bonds. The number of nitrogens with one attached hydrogen (secondary N) is 1. The van der Waals surface area contributed by atoms with Crippen molar-refractivity contribution in [1.82, 2.24) is 15.3 Å². The number of rotatable bonds is 3. The van der Waals surface area contributed by atoms with Crippen LogP contribution in [0.3, 0.4) is 0 Å². The van der Waals surface area contributed by atoms with E-state index in [9.17, 15) is 13.6 Å². The van der Waals surface area contributed by atoms with E-state index in [1.165, 1.54) is 31.4 Å². The van der Waals surface area contributed by atoms with Crippen molar-refractivity contribution < 1.29 is 18.3 Å². The van der Waals surface area contributed by atoms with Crippen LogP contribution < -0.4 is 15.8 Å². The fraction of sp³-hybridized carbons (Fsp3) is 0.190. The first-order valence-corrected chi connectivity index (χ1v) is 8.95. The van der Waals surface area contributed by atoms with Crippen molar-refractivity contribution in [3.05, 3.63) is 70.5 Å². The highest BCUT2D eigenvalue weighted by atomic mass is 19.1. The summed E-state index contributed by atoms with van der Waals surface area (Å²) in [6.07, 6.45) is 0.318. The van der Waals surface area contributed by atoms with Crippen molar-refractivity contribution in [2.24, 2.45) is 0 Å². The van der Waals surface area contributed by atoms with Gasteiger partial charge in [-0.15, -0.1) is 0 Å². The van der Waals surface area contributed by atoms with Gasteiger partial charge in [0.2, 0.25) is 5.95 Å². The number of nitrogens with zero attached hydrogens (tertiary/aromatic N) is 2. The lowest BCUT2D eigenvalue weighted by Crippen LogP contribution is -2.37. The Kier molecular flexibility index (Phi) is 4.62. The normalized spacial score (nSPS) is 15.6. The maximum absolute atomic E-state index is 14.9. The minimum atomic E-state index is -0.605. The molecule has 6 nitrogen and oxygen atoms in total. The van der Waals surface area contributed by atoms with E-state index in [1.807, 2.05) is 0 Å². The average molecular weight is 396 g/mol.